The number of nitrogens with zero attached hydrogens (tertiary/aromatic N) is 3. The number of anilines is 1. The van der Waals surface area contributed by atoms with Gasteiger partial charge in [-0.15, -0.1) is 0 Å². The van der Waals surface area contributed by atoms with Crippen LogP contribution in [0.1, 0.15) is 44.9 Å². The van der Waals surface area contributed by atoms with Gasteiger partial charge in [-0.25, -0.2) is 9.97 Å². The number of carbonyl (C=O) groups excluding carboxylic acids is 1. The first-order valence-corrected chi connectivity index (χ1v) is 10.7. The van der Waals surface area contributed by atoms with E-state index in [0.717, 1.165) is 47.8 Å². The maximum atomic E-state index is 12.4. The van der Waals surface area contributed by atoms with Gasteiger partial charge in [-0.1, -0.05) is 43.2 Å². The first-order chi connectivity index (χ1) is 12.8. The third kappa shape index (κ3) is 4.11. The second-order valence-electron chi connectivity index (χ2n) is 7.23. The Morgan fingerprint density at radius 2 is 1.73 bits per heavy atom. The number of nitrogens with one attached hydrogen (secondary N) is 1. The van der Waals surface area contributed by atoms with Gasteiger partial charge < -0.3 is 10.2 Å². The third-order valence-electron chi connectivity index (χ3n) is 5.24. The van der Waals surface area contributed by atoms with Gasteiger partial charge >= 0.3 is 0 Å². The first-order valence-electron chi connectivity index (χ1n) is 9.73. The highest BCUT2D eigenvalue weighted by atomic mass is 32.2. The SMILES string of the molecule is O=C(CSc1nc2ccccc2nc1N1CCCC1)NC1CCCCC1. The fourth-order valence-corrected chi connectivity index (χ4v) is 4.67. The summed E-state index contributed by atoms with van der Waals surface area (Å²) in [4.78, 5) is 24.4. The average Bonchev–Trinajstić information content (AvgIpc) is 3.21. The molecule has 2 heterocycles. The first kappa shape index (κ1) is 17.6. The summed E-state index contributed by atoms with van der Waals surface area (Å²) in [6, 6.07) is 8.33. The highest BCUT2D eigenvalue weighted by molar-refractivity contribution is 8.00. The fraction of sp³-hybridized carbons (Fsp3) is 0.550. The number of thioether (sulfide) groups is 1. The zero-order valence-corrected chi connectivity index (χ0v) is 15.9. The molecule has 1 saturated carbocycles. The molecule has 1 aromatic heterocycles. The molecule has 0 spiro atoms. The molecule has 2 fully saturated rings. The lowest BCUT2D eigenvalue weighted by molar-refractivity contribution is -0.119. The van der Waals surface area contributed by atoms with E-state index in [1.54, 1.807) is 0 Å². The lowest BCUT2D eigenvalue weighted by Gasteiger charge is -2.23. The van der Waals surface area contributed by atoms with Gasteiger partial charge in [0, 0.05) is 19.1 Å². The quantitative estimate of drug-likeness (QED) is 0.812. The number of benzene rings is 1. The largest absolute Gasteiger partial charge is 0.354 e. The molecule has 0 atom stereocenters. The van der Waals surface area contributed by atoms with Gasteiger partial charge in [-0.3, -0.25) is 4.79 Å². The summed E-state index contributed by atoms with van der Waals surface area (Å²) in [5, 5.41) is 4.07. The minimum absolute atomic E-state index is 0.115. The van der Waals surface area contributed by atoms with Crippen LogP contribution in [0.4, 0.5) is 5.82 Å². The highest BCUT2D eigenvalue weighted by Crippen LogP contribution is 2.31. The van der Waals surface area contributed by atoms with Gasteiger partial charge in [0.2, 0.25) is 5.91 Å². The molecule has 1 aliphatic carbocycles. The molecule has 1 saturated heterocycles. The van der Waals surface area contributed by atoms with Gasteiger partial charge in [0.15, 0.2) is 5.82 Å². The Labute approximate surface area is 159 Å². The normalized spacial score (nSPS) is 18.4. The predicted octanol–water partition coefficient (Wildman–Crippen LogP) is 3.77. The number of hydrogen-bond donors (Lipinski definition) is 1. The van der Waals surface area contributed by atoms with Crippen molar-refractivity contribution >= 4 is 34.5 Å². The van der Waals surface area contributed by atoms with E-state index in [-0.39, 0.29) is 5.91 Å². The summed E-state index contributed by atoms with van der Waals surface area (Å²) >= 11 is 1.52. The van der Waals surface area contributed by atoms with Crippen LogP contribution >= 0.6 is 11.8 Å². The Morgan fingerprint density at radius 3 is 2.46 bits per heavy atom. The Morgan fingerprint density at radius 1 is 1.04 bits per heavy atom. The van der Waals surface area contributed by atoms with E-state index >= 15 is 0 Å². The topological polar surface area (TPSA) is 58.1 Å². The summed E-state index contributed by atoms with van der Waals surface area (Å²) in [6.07, 6.45) is 8.38. The number of carbonyl (C=O) groups is 1. The molecule has 1 amide bonds. The van der Waals surface area contributed by atoms with Crippen LogP contribution in [0.25, 0.3) is 11.0 Å². The van der Waals surface area contributed by atoms with Crippen LogP contribution in [-0.4, -0.2) is 40.8 Å². The zero-order chi connectivity index (χ0) is 17.8. The monoisotopic (exact) mass is 370 g/mol. The summed E-state index contributed by atoms with van der Waals surface area (Å²) in [5.41, 5.74) is 1.82. The molecule has 0 unspecified atom stereocenters. The van der Waals surface area contributed by atoms with Crippen molar-refractivity contribution in [2.45, 2.75) is 56.0 Å². The Bertz CT molecular complexity index is 769. The van der Waals surface area contributed by atoms with Crippen molar-refractivity contribution in [2.75, 3.05) is 23.7 Å². The summed E-state index contributed by atoms with van der Waals surface area (Å²) in [6.45, 7) is 2.05. The molecule has 1 N–H and O–H groups in total. The van der Waals surface area contributed by atoms with Crippen LogP contribution in [0.15, 0.2) is 29.3 Å². The van der Waals surface area contributed by atoms with E-state index < -0.39 is 0 Å². The Hall–Kier alpha value is -1.82. The molecule has 0 bridgehead atoms. The summed E-state index contributed by atoms with van der Waals surface area (Å²) < 4.78 is 0. The Kier molecular flexibility index (Phi) is 5.58. The van der Waals surface area contributed by atoms with E-state index in [1.807, 2.05) is 24.3 Å². The molecule has 0 radical (unpaired) electrons. The molecular weight excluding hydrogens is 344 g/mol. The fourth-order valence-electron chi connectivity index (χ4n) is 3.86. The molecule has 26 heavy (non-hydrogen) atoms. The van der Waals surface area contributed by atoms with Crippen LogP contribution in [0.5, 0.6) is 0 Å². The number of fused-ring (bicyclic) bond motifs is 1. The van der Waals surface area contributed by atoms with Crippen molar-refractivity contribution < 1.29 is 4.79 Å². The van der Waals surface area contributed by atoms with Crippen molar-refractivity contribution in [1.29, 1.82) is 0 Å². The van der Waals surface area contributed by atoms with Crippen molar-refractivity contribution in [2.24, 2.45) is 0 Å². The van der Waals surface area contributed by atoms with Crippen LogP contribution < -0.4 is 10.2 Å². The number of rotatable bonds is 5. The second kappa shape index (κ2) is 8.25. The van der Waals surface area contributed by atoms with Gasteiger partial charge in [0.1, 0.15) is 5.03 Å². The molecule has 2 aliphatic rings. The maximum absolute atomic E-state index is 12.4. The molecule has 6 heteroatoms. The lowest BCUT2D eigenvalue weighted by atomic mass is 9.95. The second-order valence-corrected chi connectivity index (χ2v) is 8.19. The standard InChI is InChI=1S/C20H26N4OS/c25-18(21-15-8-2-1-3-9-15)14-26-20-19(24-12-6-7-13-24)22-16-10-4-5-11-17(16)23-20/h4-5,10-11,15H,1-3,6-9,12-14H2,(H,21,25). The summed E-state index contributed by atoms with van der Waals surface area (Å²) in [7, 11) is 0. The van der Waals surface area contributed by atoms with Crippen LogP contribution in [0.3, 0.4) is 0 Å². The van der Waals surface area contributed by atoms with Gasteiger partial charge in [-0.2, -0.15) is 0 Å². The number of para-hydroxylation sites is 2. The van der Waals surface area contributed by atoms with E-state index in [9.17, 15) is 4.79 Å². The average molecular weight is 371 g/mol. The number of hydrogen-bond acceptors (Lipinski definition) is 5. The van der Waals surface area contributed by atoms with Crippen molar-refractivity contribution in [3.8, 4) is 0 Å². The van der Waals surface area contributed by atoms with Gasteiger partial charge in [0.25, 0.3) is 0 Å². The number of aromatic nitrogens is 2. The highest BCUT2D eigenvalue weighted by Gasteiger charge is 2.21. The van der Waals surface area contributed by atoms with Crippen molar-refractivity contribution in [3.63, 3.8) is 0 Å². The molecule has 1 aliphatic heterocycles. The van der Waals surface area contributed by atoms with Crippen LogP contribution in [0.2, 0.25) is 0 Å². The van der Waals surface area contributed by atoms with Crippen molar-refractivity contribution in [3.05, 3.63) is 24.3 Å². The zero-order valence-electron chi connectivity index (χ0n) is 15.1. The smallest absolute Gasteiger partial charge is 0.230 e. The molecule has 5 nitrogen and oxygen atoms in total. The van der Waals surface area contributed by atoms with E-state index in [2.05, 4.69) is 10.2 Å². The van der Waals surface area contributed by atoms with Crippen LogP contribution in [0, 0.1) is 0 Å². The molecule has 138 valence electrons. The lowest BCUT2D eigenvalue weighted by Crippen LogP contribution is -2.37. The van der Waals surface area contributed by atoms with E-state index in [0.29, 0.717) is 11.8 Å². The minimum Gasteiger partial charge on any atom is -0.354 e. The molecular formula is C20H26N4OS. The molecule has 4 rings (SSSR count). The predicted molar refractivity (Wildman–Crippen MR) is 107 cm³/mol. The van der Waals surface area contributed by atoms with Crippen LogP contribution in [-0.2, 0) is 4.79 Å². The minimum atomic E-state index is 0.115. The molecule has 2 aromatic rings. The van der Waals surface area contributed by atoms with Gasteiger partial charge in [-0.05, 0) is 37.8 Å². The van der Waals surface area contributed by atoms with E-state index in [1.165, 1.54) is 43.9 Å². The Balaban J connectivity index is 1.48. The third-order valence-corrected chi connectivity index (χ3v) is 6.19. The van der Waals surface area contributed by atoms with Gasteiger partial charge in [0.05, 0.1) is 16.8 Å². The van der Waals surface area contributed by atoms with Crippen molar-refractivity contribution in [1.82, 2.24) is 15.3 Å². The molecule has 1 aromatic carbocycles. The maximum Gasteiger partial charge on any atom is 0.230 e. The number of amides is 1. The summed E-state index contributed by atoms with van der Waals surface area (Å²) in [5.74, 6) is 1.46. The van der Waals surface area contributed by atoms with E-state index in [4.69, 9.17) is 9.97 Å².